The number of morpholine rings is 1. The van der Waals surface area contributed by atoms with E-state index in [1.807, 2.05) is 17.5 Å². The maximum Gasteiger partial charge on any atom is 0.230 e. The van der Waals surface area contributed by atoms with Crippen molar-refractivity contribution >= 4 is 22.9 Å². The molecule has 1 saturated heterocycles. The lowest BCUT2D eigenvalue weighted by Gasteiger charge is -2.26. The first-order valence-corrected chi connectivity index (χ1v) is 10.5. The average Bonchev–Trinajstić information content (AvgIpc) is 3.20. The lowest BCUT2D eigenvalue weighted by atomic mass is 10.1. The minimum Gasteiger partial charge on any atom is -0.379 e. The Morgan fingerprint density at radius 3 is 2.63 bits per heavy atom. The van der Waals surface area contributed by atoms with Crippen LogP contribution in [-0.2, 0) is 22.5 Å². The van der Waals surface area contributed by atoms with Crippen LogP contribution in [0.2, 0.25) is 0 Å². The smallest absolute Gasteiger partial charge is 0.230 e. The van der Waals surface area contributed by atoms with Crippen molar-refractivity contribution in [2.45, 2.75) is 13.0 Å². The van der Waals surface area contributed by atoms with E-state index in [1.54, 1.807) is 0 Å². The Bertz CT molecular complexity index is 1020. The van der Waals surface area contributed by atoms with Crippen molar-refractivity contribution in [1.82, 2.24) is 9.88 Å². The van der Waals surface area contributed by atoms with Gasteiger partial charge in [-0.25, -0.2) is 13.8 Å². The number of carbonyl (C=O) groups excluding carboxylic acids is 1. The summed E-state index contributed by atoms with van der Waals surface area (Å²) in [4.78, 5) is 19.1. The molecule has 2 heterocycles. The van der Waals surface area contributed by atoms with Gasteiger partial charge in [0.1, 0.15) is 16.6 Å². The molecule has 2 aromatic carbocycles. The number of aromatic nitrogens is 1. The summed E-state index contributed by atoms with van der Waals surface area (Å²) in [7, 11) is 0. The molecule has 0 saturated carbocycles. The lowest BCUT2D eigenvalue weighted by molar-refractivity contribution is -0.115. The Morgan fingerprint density at radius 2 is 1.90 bits per heavy atom. The van der Waals surface area contributed by atoms with Crippen LogP contribution in [0.25, 0.3) is 10.6 Å². The Kier molecular flexibility index (Phi) is 6.47. The standard InChI is InChI=1S/C22H21F2N3O2S/c23-17-5-6-20(19(24)11-17)26-21(28)12-18-14-30-22(25-18)16-3-1-15(2-4-16)13-27-7-9-29-10-8-27/h1-6,11,14H,7-10,12-13H2,(H,26,28). The number of halogens is 2. The first kappa shape index (κ1) is 20.6. The molecule has 0 radical (unpaired) electrons. The van der Waals surface area contributed by atoms with Crippen molar-refractivity contribution in [3.05, 3.63) is 70.7 Å². The van der Waals surface area contributed by atoms with E-state index in [4.69, 9.17) is 4.74 Å². The van der Waals surface area contributed by atoms with Crippen LogP contribution >= 0.6 is 11.3 Å². The van der Waals surface area contributed by atoms with Crippen LogP contribution in [-0.4, -0.2) is 42.1 Å². The number of thiazole rings is 1. The second-order valence-electron chi connectivity index (χ2n) is 7.08. The summed E-state index contributed by atoms with van der Waals surface area (Å²) in [5.41, 5.74) is 2.78. The normalized spacial score (nSPS) is 14.6. The van der Waals surface area contributed by atoms with E-state index in [-0.39, 0.29) is 12.1 Å². The number of nitrogens with zero attached hydrogens (tertiary/aromatic N) is 2. The number of nitrogens with one attached hydrogen (secondary N) is 1. The highest BCUT2D eigenvalue weighted by Crippen LogP contribution is 2.25. The molecule has 0 spiro atoms. The van der Waals surface area contributed by atoms with Gasteiger partial charge in [-0.05, 0) is 17.7 Å². The first-order chi connectivity index (χ1) is 14.6. The van der Waals surface area contributed by atoms with E-state index in [0.29, 0.717) is 5.69 Å². The topological polar surface area (TPSA) is 54.5 Å². The van der Waals surface area contributed by atoms with Gasteiger partial charge in [-0.2, -0.15) is 0 Å². The number of amides is 1. The number of hydrogen-bond donors (Lipinski definition) is 1. The van der Waals surface area contributed by atoms with E-state index in [1.165, 1.54) is 23.0 Å². The summed E-state index contributed by atoms with van der Waals surface area (Å²) in [5.74, 6) is -1.90. The number of rotatable bonds is 6. The number of carbonyl (C=O) groups is 1. The highest BCUT2D eigenvalue weighted by molar-refractivity contribution is 7.13. The quantitative estimate of drug-likeness (QED) is 0.641. The van der Waals surface area contributed by atoms with Gasteiger partial charge in [0.15, 0.2) is 0 Å². The van der Waals surface area contributed by atoms with Crippen molar-refractivity contribution in [3.63, 3.8) is 0 Å². The average molecular weight is 429 g/mol. The van der Waals surface area contributed by atoms with Gasteiger partial charge >= 0.3 is 0 Å². The molecule has 1 aliphatic rings. The van der Waals surface area contributed by atoms with Crippen molar-refractivity contribution in [2.24, 2.45) is 0 Å². The third-order valence-corrected chi connectivity index (χ3v) is 5.75. The fourth-order valence-electron chi connectivity index (χ4n) is 3.24. The lowest BCUT2D eigenvalue weighted by Crippen LogP contribution is -2.35. The van der Waals surface area contributed by atoms with E-state index < -0.39 is 17.5 Å². The van der Waals surface area contributed by atoms with E-state index in [2.05, 4.69) is 27.3 Å². The zero-order chi connectivity index (χ0) is 20.9. The minimum absolute atomic E-state index is 0.0163. The summed E-state index contributed by atoms with van der Waals surface area (Å²) < 4.78 is 32.0. The summed E-state index contributed by atoms with van der Waals surface area (Å²) in [6.07, 6.45) is 0.0163. The Morgan fingerprint density at radius 1 is 1.13 bits per heavy atom. The molecular weight excluding hydrogens is 408 g/mol. The number of benzene rings is 2. The van der Waals surface area contributed by atoms with Gasteiger partial charge in [-0.15, -0.1) is 11.3 Å². The van der Waals surface area contributed by atoms with Gasteiger partial charge in [0.2, 0.25) is 5.91 Å². The molecule has 8 heteroatoms. The zero-order valence-corrected chi connectivity index (χ0v) is 17.1. The third kappa shape index (κ3) is 5.27. The largest absolute Gasteiger partial charge is 0.379 e. The Hall–Kier alpha value is -2.68. The number of hydrogen-bond acceptors (Lipinski definition) is 5. The molecule has 156 valence electrons. The fraction of sp³-hybridized carbons (Fsp3) is 0.273. The second-order valence-corrected chi connectivity index (χ2v) is 7.94. The monoisotopic (exact) mass is 429 g/mol. The predicted octanol–water partition coefficient (Wildman–Crippen LogP) is 4.10. The van der Waals surface area contributed by atoms with E-state index in [0.717, 1.165) is 55.6 Å². The van der Waals surface area contributed by atoms with Gasteiger partial charge < -0.3 is 10.1 Å². The van der Waals surface area contributed by atoms with Crippen molar-refractivity contribution in [2.75, 3.05) is 31.6 Å². The molecule has 3 aromatic rings. The molecule has 4 rings (SSSR count). The molecule has 0 bridgehead atoms. The van der Waals surface area contributed by atoms with Gasteiger partial charge in [0.05, 0.1) is 31.0 Å². The van der Waals surface area contributed by atoms with Crippen molar-refractivity contribution in [3.8, 4) is 10.6 Å². The molecule has 0 aliphatic carbocycles. The predicted molar refractivity (Wildman–Crippen MR) is 112 cm³/mol. The van der Waals surface area contributed by atoms with Crippen LogP contribution in [0, 0.1) is 11.6 Å². The molecule has 1 aromatic heterocycles. The maximum absolute atomic E-state index is 13.7. The van der Waals surface area contributed by atoms with Crippen LogP contribution in [0.15, 0.2) is 47.8 Å². The highest BCUT2D eigenvalue weighted by Gasteiger charge is 2.13. The fourth-order valence-corrected chi connectivity index (χ4v) is 4.07. The van der Waals surface area contributed by atoms with Crippen LogP contribution in [0.5, 0.6) is 0 Å². The molecular formula is C22H21F2N3O2S. The second kappa shape index (κ2) is 9.42. The van der Waals surface area contributed by atoms with Crippen molar-refractivity contribution < 1.29 is 18.3 Å². The molecule has 5 nitrogen and oxygen atoms in total. The van der Waals surface area contributed by atoms with Crippen LogP contribution in [0.1, 0.15) is 11.3 Å². The Balaban J connectivity index is 1.35. The van der Waals surface area contributed by atoms with Gasteiger partial charge in [-0.1, -0.05) is 24.3 Å². The third-order valence-electron chi connectivity index (χ3n) is 4.81. The molecule has 1 aliphatic heterocycles. The minimum atomic E-state index is -0.806. The van der Waals surface area contributed by atoms with Crippen LogP contribution < -0.4 is 5.32 Å². The van der Waals surface area contributed by atoms with Gasteiger partial charge in [0, 0.05) is 36.6 Å². The Labute approximate surface area is 177 Å². The van der Waals surface area contributed by atoms with Gasteiger partial charge in [-0.3, -0.25) is 9.69 Å². The first-order valence-electron chi connectivity index (χ1n) is 9.65. The summed E-state index contributed by atoms with van der Waals surface area (Å²) >= 11 is 1.46. The van der Waals surface area contributed by atoms with Crippen LogP contribution in [0.4, 0.5) is 14.5 Å². The summed E-state index contributed by atoms with van der Waals surface area (Å²) in [5, 5.41) is 5.09. The number of ether oxygens (including phenoxy) is 1. The molecule has 1 amide bonds. The molecule has 1 N–H and O–H groups in total. The molecule has 1 fully saturated rings. The SMILES string of the molecule is O=C(Cc1csc(-c2ccc(CN3CCOCC3)cc2)n1)Nc1ccc(F)cc1F. The zero-order valence-electron chi connectivity index (χ0n) is 16.2. The summed E-state index contributed by atoms with van der Waals surface area (Å²) in [6, 6.07) is 11.3. The molecule has 30 heavy (non-hydrogen) atoms. The van der Waals surface area contributed by atoms with Gasteiger partial charge in [0.25, 0.3) is 0 Å². The molecule has 0 atom stereocenters. The van der Waals surface area contributed by atoms with E-state index in [9.17, 15) is 13.6 Å². The maximum atomic E-state index is 13.7. The van der Waals surface area contributed by atoms with Crippen molar-refractivity contribution in [1.29, 1.82) is 0 Å². The number of anilines is 1. The molecule has 0 unspecified atom stereocenters. The van der Waals surface area contributed by atoms with E-state index >= 15 is 0 Å². The van der Waals surface area contributed by atoms with Crippen LogP contribution in [0.3, 0.4) is 0 Å². The highest BCUT2D eigenvalue weighted by atomic mass is 32.1. The summed E-state index contributed by atoms with van der Waals surface area (Å²) in [6.45, 7) is 4.35.